The summed E-state index contributed by atoms with van der Waals surface area (Å²) < 4.78 is 2.34. The molecule has 0 saturated heterocycles. The standard InChI is InChI=1S/C21H18BrN5O2S/c1-3-15-12(2)23-21(25-20(15)29)27-18(11-16(26-27)17-5-4-10-30-17)24-19(28)13-6-8-14(22)9-7-13/h4-11H,3H2,1-2H3,(H,24,28)(H,23,25,29). The van der Waals surface area contributed by atoms with Crippen LogP contribution in [0.25, 0.3) is 16.5 Å². The van der Waals surface area contributed by atoms with Gasteiger partial charge in [-0.15, -0.1) is 11.3 Å². The van der Waals surface area contributed by atoms with Gasteiger partial charge in [-0.1, -0.05) is 28.9 Å². The SMILES string of the molecule is CCc1c(C)nc(-n2nc(-c3cccs3)cc2NC(=O)c2ccc(Br)cc2)[nH]c1=O. The fraction of sp³-hybridized carbons (Fsp3) is 0.143. The maximum atomic E-state index is 12.8. The summed E-state index contributed by atoms with van der Waals surface area (Å²) in [4.78, 5) is 33.5. The van der Waals surface area contributed by atoms with E-state index < -0.39 is 0 Å². The summed E-state index contributed by atoms with van der Waals surface area (Å²) in [6.07, 6.45) is 0.584. The summed E-state index contributed by atoms with van der Waals surface area (Å²) in [5, 5.41) is 9.43. The van der Waals surface area contributed by atoms with E-state index in [2.05, 4.69) is 36.3 Å². The molecule has 30 heavy (non-hydrogen) atoms. The Morgan fingerprint density at radius 3 is 2.67 bits per heavy atom. The van der Waals surface area contributed by atoms with Crippen molar-refractivity contribution in [1.82, 2.24) is 19.7 Å². The van der Waals surface area contributed by atoms with Gasteiger partial charge in [-0.3, -0.25) is 14.6 Å². The number of hydrogen-bond donors (Lipinski definition) is 2. The van der Waals surface area contributed by atoms with Crippen LogP contribution in [0.15, 0.2) is 57.1 Å². The zero-order valence-corrected chi connectivity index (χ0v) is 18.7. The Hall–Kier alpha value is -3.04. The Balaban J connectivity index is 1.78. The van der Waals surface area contributed by atoms with Crippen LogP contribution in [-0.4, -0.2) is 25.7 Å². The number of anilines is 1. The predicted octanol–water partition coefficient (Wildman–Crippen LogP) is 4.57. The second-order valence-electron chi connectivity index (χ2n) is 6.57. The van der Waals surface area contributed by atoms with Crippen LogP contribution in [0.1, 0.15) is 28.5 Å². The highest BCUT2D eigenvalue weighted by Crippen LogP contribution is 2.27. The third kappa shape index (κ3) is 3.99. The number of aryl methyl sites for hydroxylation is 1. The zero-order valence-electron chi connectivity index (χ0n) is 16.3. The lowest BCUT2D eigenvalue weighted by atomic mass is 10.2. The smallest absolute Gasteiger partial charge is 0.256 e. The van der Waals surface area contributed by atoms with Crippen molar-refractivity contribution in [3.8, 4) is 16.5 Å². The number of halogens is 1. The Kier molecular flexibility index (Phi) is 5.65. The summed E-state index contributed by atoms with van der Waals surface area (Å²) in [6, 6.07) is 12.7. The van der Waals surface area contributed by atoms with E-state index in [-0.39, 0.29) is 17.4 Å². The largest absolute Gasteiger partial charge is 0.306 e. The van der Waals surface area contributed by atoms with Gasteiger partial charge in [0, 0.05) is 27.4 Å². The van der Waals surface area contributed by atoms with Crippen molar-refractivity contribution in [2.75, 3.05) is 5.32 Å². The van der Waals surface area contributed by atoms with Gasteiger partial charge in [-0.2, -0.15) is 9.78 Å². The second kappa shape index (κ2) is 8.37. The molecule has 152 valence electrons. The number of aromatic amines is 1. The molecule has 9 heteroatoms. The molecular weight excluding hydrogens is 466 g/mol. The van der Waals surface area contributed by atoms with Crippen LogP contribution >= 0.6 is 27.3 Å². The lowest BCUT2D eigenvalue weighted by Crippen LogP contribution is -2.21. The first-order chi connectivity index (χ1) is 14.5. The molecule has 0 radical (unpaired) electrons. The highest BCUT2D eigenvalue weighted by Gasteiger charge is 2.18. The van der Waals surface area contributed by atoms with Crippen molar-refractivity contribution in [3.63, 3.8) is 0 Å². The van der Waals surface area contributed by atoms with Crippen LogP contribution in [0, 0.1) is 6.92 Å². The van der Waals surface area contributed by atoms with Gasteiger partial charge < -0.3 is 5.32 Å². The number of nitrogens with zero attached hydrogens (tertiary/aromatic N) is 3. The first-order valence-electron chi connectivity index (χ1n) is 9.27. The van der Waals surface area contributed by atoms with Gasteiger partial charge in [0.25, 0.3) is 11.5 Å². The van der Waals surface area contributed by atoms with Crippen LogP contribution in [0.3, 0.4) is 0 Å². The third-order valence-corrected chi connectivity index (χ3v) is 6.02. The summed E-state index contributed by atoms with van der Waals surface area (Å²) >= 11 is 4.90. The highest BCUT2D eigenvalue weighted by molar-refractivity contribution is 9.10. The average molecular weight is 484 g/mol. The summed E-state index contributed by atoms with van der Waals surface area (Å²) in [5.41, 5.74) is 2.23. The summed E-state index contributed by atoms with van der Waals surface area (Å²) in [5.74, 6) is 0.382. The number of aromatic nitrogens is 4. The molecular formula is C21H18BrN5O2S. The van der Waals surface area contributed by atoms with Crippen molar-refractivity contribution in [1.29, 1.82) is 0 Å². The van der Waals surface area contributed by atoms with E-state index in [4.69, 9.17) is 0 Å². The Labute approximate surface area is 184 Å². The Morgan fingerprint density at radius 1 is 1.27 bits per heavy atom. The lowest BCUT2D eigenvalue weighted by Gasteiger charge is -2.10. The van der Waals surface area contributed by atoms with E-state index in [1.54, 1.807) is 37.3 Å². The first-order valence-corrected chi connectivity index (χ1v) is 10.9. The van der Waals surface area contributed by atoms with Gasteiger partial charge in [-0.25, -0.2) is 4.98 Å². The minimum Gasteiger partial charge on any atom is -0.306 e. The monoisotopic (exact) mass is 483 g/mol. The topological polar surface area (TPSA) is 92.7 Å². The van der Waals surface area contributed by atoms with Crippen LogP contribution in [-0.2, 0) is 6.42 Å². The minimum absolute atomic E-state index is 0.210. The lowest BCUT2D eigenvalue weighted by molar-refractivity contribution is 0.102. The van der Waals surface area contributed by atoms with E-state index in [1.165, 1.54) is 16.0 Å². The molecule has 3 aromatic heterocycles. The molecule has 0 fully saturated rings. The third-order valence-electron chi connectivity index (χ3n) is 4.59. The highest BCUT2D eigenvalue weighted by atomic mass is 79.9. The number of carbonyl (C=O) groups is 1. The van der Waals surface area contributed by atoms with Gasteiger partial charge in [-0.05, 0) is 49.1 Å². The van der Waals surface area contributed by atoms with Crippen LogP contribution in [0.4, 0.5) is 5.82 Å². The molecule has 4 rings (SSSR count). The van der Waals surface area contributed by atoms with Gasteiger partial charge in [0.2, 0.25) is 5.95 Å². The molecule has 0 aliphatic heterocycles. The van der Waals surface area contributed by atoms with Crippen molar-refractivity contribution in [3.05, 3.63) is 79.5 Å². The number of carbonyl (C=O) groups excluding carboxylic acids is 1. The fourth-order valence-electron chi connectivity index (χ4n) is 3.08. The number of rotatable bonds is 5. The van der Waals surface area contributed by atoms with Gasteiger partial charge in [0.05, 0.1) is 4.88 Å². The van der Waals surface area contributed by atoms with Crippen molar-refractivity contribution in [2.45, 2.75) is 20.3 Å². The molecule has 2 N–H and O–H groups in total. The quantitative estimate of drug-likeness (QED) is 0.434. The van der Waals surface area contributed by atoms with E-state index in [9.17, 15) is 9.59 Å². The van der Waals surface area contributed by atoms with Crippen LogP contribution in [0.2, 0.25) is 0 Å². The van der Waals surface area contributed by atoms with Gasteiger partial charge in [0.1, 0.15) is 11.5 Å². The molecule has 4 aromatic rings. The molecule has 0 aliphatic carbocycles. The zero-order chi connectivity index (χ0) is 21.3. The summed E-state index contributed by atoms with van der Waals surface area (Å²) in [7, 11) is 0. The minimum atomic E-state index is -0.286. The second-order valence-corrected chi connectivity index (χ2v) is 8.44. The molecule has 1 aromatic carbocycles. The molecule has 3 heterocycles. The van der Waals surface area contributed by atoms with Gasteiger partial charge in [0.15, 0.2) is 0 Å². The number of H-pyrrole nitrogens is 1. The molecule has 0 aliphatic rings. The molecule has 7 nitrogen and oxygen atoms in total. The van der Waals surface area contributed by atoms with Gasteiger partial charge >= 0.3 is 0 Å². The van der Waals surface area contributed by atoms with E-state index in [1.807, 2.05) is 24.4 Å². The first kappa shape index (κ1) is 20.2. The van der Waals surface area contributed by atoms with Crippen LogP contribution < -0.4 is 10.9 Å². The predicted molar refractivity (Wildman–Crippen MR) is 122 cm³/mol. The molecule has 0 bridgehead atoms. The Bertz CT molecular complexity index is 1260. The normalized spacial score (nSPS) is 10.9. The number of thiophene rings is 1. The van der Waals surface area contributed by atoms with E-state index in [0.29, 0.717) is 34.8 Å². The van der Waals surface area contributed by atoms with Crippen LogP contribution in [0.5, 0.6) is 0 Å². The number of amides is 1. The fourth-order valence-corrected chi connectivity index (χ4v) is 4.02. The maximum Gasteiger partial charge on any atom is 0.256 e. The molecule has 0 spiro atoms. The number of hydrogen-bond acceptors (Lipinski definition) is 5. The van der Waals surface area contributed by atoms with E-state index in [0.717, 1.165) is 9.35 Å². The molecule has 1 amide bonds. The molecule has 0 unspecified atom stereocenters. The molecule has 0 saturated carbocycles. The van der Waals surface area contributed by atoms with E-state index >= 15 is 0 Å². The number of nitrogens with one attached hydrogen (secondary N) is 2. The average Bonchev–Trinajstić information content (AvgIpc) is 3.38. The maximum absolute atomic E-state index is 12.8. The van der Waals surface area contributed by atoms with Crippen molar-refractivity contribution >= 4 is 39.0 Å². The molecule has 0 atom stereocenters. The summed E-state index contributed by atoms with van der Waals surface area (Å²) in [6.45, 7) is 3.70. The number of benzene rings is 1. The van der Waals surface area contributed by atoms with Crippen molar-refractivity contribution in [2.24, 2.45) is 0 Å². The van der Waals surface area contributed by atoms with Crippen molar-refractivity contribution < 1.29 is 4.79 Å². The Morgan fingerprint density at radius 2 is 2.03 bits per heavy atom.